The van der Waals surface area contributed by atoms with E-state index in [-0.39, 0.29) is 5.28 Å². The topological polar surface area (TPSA) is 62.7 Å². The molecule has 0 radical (unpaired) electrons. The van der Waals surface area contributed by atoms with E-state index < -0.39 is 0 Å². The molecule has 2 N–H and O–H groups in total. The summed E-state index contributed by atoms with van der Waals surface area (Å²) in [6.07, 6.45) is 0. The van der Waals surface area contributed by atoms with Crippen LogP contribution < -0.4 is 10.6 Å². The summed E-state index contributed by atoms with van der Waals surface area (Å²) in [4.78, 5) is 12.6. The average molecular weight is 326 g/mol. The van der Waals surface area contributed by atoms with Crippen LogP contribution in [0.4, 0.5) is 23.3 Å². The number of nitrogens with one attached hydrogen (secondary N) is 2. The molecule has 2 aromatic carbocycles. The second-order valence-electron chi connectivity index (χ2n) is 5.24. The molecule has 0 bridgehead atoms. The number of aromatic nitrogens is 3. The SMILES string of the molecule is Cc1ccc(Nc2nc(Cl)nc(Nc3cccc(C)c3)n2)cc1. The molecule has 3 aromatic rings. The van der Waals surface area contributed by atoms with E-state index in [0.717, 1.165) is 16.9 Å². The summed E-state index contributed by atoms with van der Waals surface area (Å²) in [7, 11) is 0. The molecule has 0 spiro atoms. The van der Waals surface area contributed by atoms with Gasteiger partial charge < -0.3 is 10.6 Å². The molecule has 0 aliphatic rings. The summed E-state index contributed by atoms with van der Waals surface area (Å²) < 4.78 is 0. The van der Waals surface area contributed by atoms with E-state index in [1.54, 1.807) is 0 Å². The van der Waals surface area contributed by atoms with Gasteiger partial charge in [-0.1, -0.05) is 29.8 Å². The molecule has 5 nitrogen and oxygen atoms in total. The molecule has 0 fully saturated rings. The summed E-state index contributed by atoms with van der Waals surface area (Å²) in [6.45, 7) is 4.06. The van der Waals surface area contributed by atoms with Gasteiger partial charge in [-0.25, -0.2) is 0 Å². The zero-order valence-electron chi connectivity index (χ0n) is 12.8. The highest BCUT2D eigenvalue weighted by atomic mass is 35.5. The summed E-state index contributed by atoms with van der Waals surface area (Å²) in [5.41, 5.74) is 4.12. The molecule has 6 heteroatoms. The van der Waals surface area contributed by atoms with Crippen LogP contribution in [0.25, 0.3) is 0 Å². The van der Waals surface area contributed by atoms with Crippen LogP contribution in [0.1, 0.15) is 11.1 Å². The first kappa shape index (κ1) is 15.2. The lowest BCUT2D eigenvalue weighted by molar-refractivity contribution is 1.06. The van der Waals surface area contributed by atoms with Crippen molar-refractivity contribution in [2.75, 3.05) is 10.6 Å². The maximum absolute atomic E-state index is 6.00. The van der Waals surface area contributed by atoms with E-state index in [0.29, 0.717) is 11.9 Å². The molecule has 0 unspecified atom stereocenters. The zero-order valence-corrected chi connectivity index (χ0v) is 13.6. The van der Waals surface area contributed by atoms with Crippen molar-refractivity contribution >= 4 is 34.9 Å². The number of nitrogens with zero attached hydrogens (tertiary/aromatic N) is 3. The van der Waals surface area contributed by atoms with Crippen LogP contribution in [-0.4, -0.2) is 15.0 Å². The standard InChI is InChI=1S/C17H16ClN5/c1-11-6-8-13(9-7-11)19-16-21-15(18)22-17(23-16)20-14-5-3-4-12(2)10-14/h3-10H,1-2H3,(H2,19,20,21,22,23). The van der Waals surface area contributed by atoms with Gasteiger partial charge in [-0.05, 0) is 55.3 Å². The second kappa shape index (κ2) is 6.62. The Morgan fingerprint density at radius 2 is 1.39 bits per heavy atom. The van der Waals surface area contributed by atoms with E-state index in [9.17, 15) is 0 Å². The molecule has 0 aliphatic carbocycles. The summed E-state index contributed by atoms with van der Waals surface area (Å²) >= 11 is 6.00. The zero-order chi connectivity index (χ0) is 16.2. The van der Waals surface area contributed by atoms with Gasteiger partial charge >= 0.3 is 0 Å². The normalized spacial score (nSPS) is 10.4. The highest BCUT2D eigenvalue weighted by Gasteiger charge is 2.06. The fourth-order valence-electron chi connectivity index (χ4n) is 2.08. The molecule has 0 atom stereocenters. The van der Waals surface area contributed by atoms with Gasteiger partial charge in [0.1, 0.15) is 0 Å². The predicted molar refractivity (Wildman–Crippen MR) is 93.8 cm³/mol. The van der Waals surface area contributed by atoms with Crippen molar-refractivity contribution < 1.29 is 0 Å². The molecule has 1 heterocycles. The Bertz CT molecular complexity index is 817. The van der Waals surface area contributed by atoms with Gasteiger partial charge in [0.05, 0.1) is 0 Å². The van der Waals surface area contributed by atoms with Gasteiger partial charge in [0.2, 0.25) is 17.2 Å². The third-order valence-electron chi connectivity index (χ3n) is 3.19. The molecular weight excluding hydrogens is 310 g/mol. The van der Waals surface area contributed by atoms with E-state index in [4.69, 9.17) is 11.6 Å². The fourth-order valence-corrected chi connectivity index (χ4v) is 2.24. The molecule has 23 heavy (non-hydrogen) atoms. The average Bonchev–Trinajstić information content (AvgIpc) is 2.49. The van der Waals surface area contributed by atoms with Crippen LogP contribution in [-0.2, 0) is 0 Å². The van der Waals surface area contributed by atoms with Crippen molar-refractivity contribution in [3.05, 3.63) is 64.9 Å². The predicted octanol–water partition coefficient (Wildman–Crippen LogP) is 4.63. The van der Waals surface area contributed by atoms with Crippen LogP contribution in [0.15, 0.2) is 48.5 Å². The van der Waals surface area contributed by atoms with Gasteiger partial charge in [0.25, 0.3) is 0 Å². The first-order valence-electron chi connectivity index (χ1n) is 7.17. The lowest BCUT2D eigenvalue weighted by Crippen LogP contribution is -2.04. The minimum absolute atomic E-state index is 0.129. The molecular formula is C17H16ClN5. The number of hydrogen-bond donors (Lipinski definition) is 2. The third-order valence-corrected chi connectivity index (χ3v) is 3.36. The highest BCUT2D eigenvalue weighted by Crippen LogP contribution is 2.19. The van der Waals surface area contributed by atoms with Gasteiger partial charge in [0, 0.05) is 11.4 Å². The second-order valence-corrected chi connectivity index (χ2v) is 5.58. The van der Waals surface area contributed by atoms with Gasteiger partial charge in [-0.2, -0.15) is 15.0 Å². The molecule has 116 valence electrons. The lowest BCUT2D eigenvalue weighted by atomic mass is 10.2. The van der Waals surface area contributed by atoms with Crippen LogP contribution in [0, 0.1) is 13.8 Å². The van der Waals surface area contributed by atoms with E-state index in [1.165, 1.54) is 5.56 Å². The Balaban J connectivity index is 1.82. The van der Waals surface area contributed by atoms with E-state index in [1.807, 2.05) is 62.4 Å². The first-order chi connectivity index (χ1) is 11.1. The molecule has 3 rings (SSSR count). The monoisotopic (exact) mass is 325 g/mol. The summed E-state index contributed by atoms with van der Waals surface area (Å²) in [5, 5.41) is 6.39. The highest BCUT2D eigenvalue weighted by molar-refractivity contribution is 6.28. The smallest absolute Gasteiger partial charge is 0.233 e. The summed E-state index contributed by atoms with van der Waals surface area (Å²) in [5.74, 6) is 0.786. The largest absolute Gasteiger partial charge is 0.324 e. The molecule has 0 amide bonds. The first-order valence-corrected chi connectivity index (χ1v) is 7.55. The maximum atomic E-state index is 6.00. The van der Waals surface area contributed by atoms with Crippen molar-refractivity contribution in [2.24, 2.45) is 0 Å². The van der Waals surface area contributed by atoms with Crippen molar-refractivity contribution in [3.8, 4) is 0 Å². The summed E-state index contributed by atoms with van der Waals surface area (Å²) in [6, 6.07) is 15.9. The number of rotatable bonds is 4. The van der Waals surface area contributed by atoms with Gasteiger partial charge in [0.15, 0.2) is 0 Å². The van der Waals surface area contributed by atoms with Crippen molar-refractivity contribution in [3.63, 3.8) is 0 Å². The maximum Gasteiger partial charge on any atom is 0.233 e. The number of anilines is 4. The number of benzene rings is 2. The van der Waals surface area contributed by atoms with E-state index in [2.05, 4.69) is 25.6 Å². The Kier molecular flexibility index (Phi) is 4.39. The number of halogens is 1. The van der Waals surface area contributed by atoms with E-state index >= 15 is 0 Å². The minimum Gasteiger partial charge on any atom is -0.324 e. The third kappa shape index (κ3) is 4.17. The number of aryl methyl sites for hydroxylation is 2. The number of hydrogen-bond acceptors (Lipinski definition) is 5. The van der Waals surface area contributed by atoms with Gasteiger partial charge in [-0.3, -0.25) is 0 Å². The Morgan fingerprint density at radius 1 is 0.739 bits per heavy atom. The molecule has 0 saturated carbocycles. The van der Waals surface area contributed by atoms with Crippen molar-refractivity contribution in [1.29, 1.82) is 0 Å². The fraction of sp³-hybridized carbons (Fsp3) is 0.118. The quantitative estimate of drug-likeness (QED) is 0.732. The Labute approximate surface area is 139 Å². The Morgan fingerprint density at radius 3 is 2.04 bits per heavy atom. The van der Waals surface area contributed by atoms with Crippen molar-refractivity contribution in [2.45, 2.75) is 13.8 Å². The van der Waals surface area contributed by atoms with Crippen LogP contribution >= 0.6 is 11.6 Å². The Hall–Kier alpha value is -2.66. The van der Waals surface area contributed by atoms with Gasteiger partial charge in [-0.15, -0.1) is 0 Å². The van der Waals surface area contributed by atoms with Crippen LogP contribution in [0.3, 0.4) is 0 Å². The van der Waals surface area contributed by atoms with Crippen LogP contribution in [0.5, 0.6) is 0 Å². The van der Waals surface area contributed by atoms with Crippen molar-refractivity contribution in [1.82, 2.24) is 15.0 Å². The lowest BCUT2D eigenvalue weighted by Gasteiger charge is -2.09. The molecule has 0 aliphatic heterocycles. The molecule has 0 saturated heterocycles. The molecule has 1 aromatic heterocycles. The van der Waals surface area contributed by atoms with Crippen LogP contribution in [0.2, 0.25) is 5.28 Å². The minimum atomic E-state index is 0.129.